The Bertz CT molecular complexity index is 488. The van der Waals surface area contributed by atoms with E-state index >= 15 is 0 Å². The number of hydrogen-bond donors (Lipinski definition) is 2. The van der Waals surface area contributed by atoms with E-state index in [1.807, 2.05) is 0 Å². The number of anilines is 1. The molecule has 18 heavy (non-hydrogen) atoms. The Morgan fingerprint density at radius 3 is 2.83 bits per heavy atom. The number of hydrogen-bond acceptors (Lipinski definition) is 4. The molecule has 6 nitrogen and oxygen atoms in total. The van der Waals surface area contributed by atoms with Crippen molar-refractivity contribution in [1.82, 2.24) is 5.32 Å². The number of amides is 1. The molecule has 0 unspecified atom stereocenters. The van der Waals surface area contributed by atoms with E-state index in [-0.39, 0.29) is 23.8 Å². The number of carbonyl (C=O) groups is 1. The summed E-state index contributed by atoms with van der Waals surface area (Å²) in [5.41, 5.74) is 0.0925. The predicted molar refractivity (Wildman–Crippen MR) is 70.5 cm³/mol. The molecular formula is C11H12BrN3O3. The number of nitrogens with one attached hydrogen (secondary N) is 2. The molecule has 0 aromatic heterocycles. The van der Waals surface area contributed by atoms with Gasteiger partial charge in [-0.1, -0.05) is 15.9 Å². The zero-order valence-corrected chi connectivity index (χ0v) is 11.1. The lowest BCUT2D eigenvalue weighted by molar-refractivity contribution is -0.384. The van der Waals surface area contributed by atoms with Crippen LogP contribution >= 0.6 is 15.9 Å². The highest BCUT2D eigenvalue weighted by Gasteiger charge is 2.22. The first-order valence-electron chi connectivity index (χ1n) is 5.53. The summed E-state index contributed by atoms with van der Waals surface area (Å²) in [5, 5.41) is 16.4. The molecule has 0 bridgehead atoms. The van der Waals surface area contributed by atoms with Gasteiger partial charge in [-0.25, -0.2) is 0 Å². The van der Waals surface area contributed by atoms with Crippen molar-refractivity contribution >= 4 is 33.2 Å². The quantitative estimate of drug-likeness (QED) is 0.643. The number of carbonyl (C=O) groups excluding carboxylic acids is 1. The molecule has 2 rings (SSSR count). The van der Waals surface area contributed by atoms with Crippen molar-refractivity contribution in [2.45, 2.75) is 18.9 Å². The molecule has 1 amide bonds. The van der Waals surface area contributed by atoms with E-state index in [0.29, 0.717) is 10.5 Å². The van der Waals surface area contributed by atoms with E-state index in [1.54, 1.807) is 6.07 Å². The first kappa shape index (κ1) is 13.0. The molecular weight excluding hydrogens is 302 g/mol. The topological polar surface area (TPSA) is 84.3 Å². The maximum atomic E-state index is 11.6. The molecule has 1 fully saturated rings. The fourth-order valence-corrected chi connectivity index (χ4v) is 1.83. The van der Waals surface area contributed by atoms with Crippen LogP contribution in [-0.4, -0.2) is 23.4 Å². The lowest BCUT2D eigenvalue weighted by atomic mass is 10.2. The van der Waals surface area contributed by atoms with Crippen LogP contribution in [0.3, 0.4) is 0 Å². The average molecular weight is 314 g/mol. The standard InChI is InChI=1S/C11H12BrN3O3/c12-7-1-4-9(10(5-7)15(17)18)14-11(16)6-13-8-2-3-8/h1,4-5,8,13H,2-3,6H2,(H,14,16). The van der Waals surface area contributed by atoms with Crippen LogP contribution in [0.15, 0.2) is 22.7 Å². The van der Waals surface area contributed by atoms with Crippen LogP contribution in [0.25, 0.3) is 0 Å². The Kier molecular flexibility index (Phi) is 3.93. The van der Waals surface area contributed by atoms with E-state index < -0.39 is 4.92 Å². The fraction of sp³-hybridized carbons (Fsp3) is 0.364. The summed E-state index contributed by atoms with van der Waals surface area (Å²) in [7, 11) is 0. The van der Waals surface area contributed by atoms with Crippen LogP contribution in [0, 0.1) is 10.1 Å². The van der Waals surface area contributed by atoms with E-state index in [9.17, 15) is 14.9 Å². The van der Waals surface area contributed by atoms with Gasteiger partial charge in [0, 0.05) is 16.6 Å². The Morgan fingerprint density at radius 1 is 1.50 bits per heavy atom. The van der Waals surface area contributed by atoms with E-state index in [2.05, 4.69) is 26.6 Å². The zero-order valence-electron chi connectivity index (χ0n) is 9.48. The third-order valence-corrected chi connectivity index (χ3v) is 3.05. The third kappa shape index (κ3) is 3.51. The SMILES string of the molecule is O=C(CNC1CC1)Nc1ccc(Br)cc1[N+](=O)[O-]. The maximum absolute atomic E-state index is 11.6. The summed E-state index contributed by atoms with van der Waals surface area (Å²) in [6, 6.07) is 4.95. The lowest BCUT2D eigenvalue weighted by Gasteiger charge is -2.06. The first-order chi connectivity index (χ1) is 8.56. The van der Waals surface area contributed by atoms with E-state index in [1.165, 1.54) is 12.1 Å². The molecule has 1 aliphatic carbocycles. The lowest BCUT2D eigenvalue weighted by Crippen LogP contribution is -2.29. The summed E-state index contributed by atoms with van der Waals surface area (Å²) >= 11 is 3.16. The van der Waals surface area contributed by atoms with Crippen LogP contribution in [0.5, 0.6) is 0 Å². The van der Waals surface area contributed by atoms with Gasteiger partial charge < -0.3 is 10.6 Å². The Hall–Kier alpha value is -1.47. The molecule has 2 N–H and O–H groups in total. The van der Waals surface area contributed by atoms with Gasteiger partial charge in [-0.15, -0.1) is 0 Å². The van der Waals surface area contributed by atoms with Gasteiger partial charge in [0.15, 0.2) is 0 Å². The van der Waals surface area contributed by atoms with Crippen LogP contribution < -0.4 is 10.6 Å². The largest absolute Gasteiger partial charge is 0.319 e. The maximum Gasteiger partial charge on any atom is 0.293 e. The minimum absolute atomic E-state index is 0.121. The molecule has 1 aliphatic rings. The van der Waals surface area contributed by atoms with Gasteiger partial charge in [0.1, 0.15) is 5.69 Å². The van der Waals surface area contributed by atoms with Gasteiger partial charge in [-0.05, 0) is 25.0 Å². The monoisotopic (exact) mass is 313 g/mol. The van der Waals surface area contributed by atoms with Gasteiger partial charge >= 0.3 is 0 Å². The molecule has 0 saturated heterocycles. The van der Waals surface area contributed by atoms with Gasteiger partial charge in [-0.2, -0.15) is 0 Å². The Balaban J connectivity index is 2.02. The normalized spacial score (nSPS) is 14.3. The van der Waals surface area contributed by atoms with Crippen molar-refractivity contribution in [3.05, 3.63) is 32.8 Å². The zero-order chi connectivity index (χ0) is 13.1. The van der Waals surface area contributed by atoms with Gasteiger partial charge in [0.05, 0.1) is 11.5 Å². The second-order valence-electron chi connectivity index (χ2n) is 4.12. The van der Waals surface area contributed by atoms with Gasteiger partial charge in [-0.3, -0.25) is 14.9 Å². The van der Waals surface area contributed by atoms with Crippen molar-refractivity contribution in [3.63, 3.8) is 0 Å². The summed E-state index contributed by atoms with van der Waals surface area (Å²) in [5.74, 6) is -0.271. The molecule has 7 heteroatoms. The van der Waals surface area contributed by atoms with E-state index in [0.717, 1.165) is 12.8 Å². The first-order valence-corrected chi connectivity index (χ1v) is 6.33. The number of benzene rings is 1. The van der Waals surface area contributed by atoms with Crippen LogP contribution in [0.2, 0.25) is 0 Å². The number of halogens is 1. The highest BCUT2D eigenvalue weighted by Crippen LogP contribution is 2.27. The molecule has 0 spiro atoms. The second-order valence-corrected chi connectivity index (χ2v) is 5.04. The summed E-state index contributed by atoms with van der Waals surface area (Å²) in [6.07, 6.45) is 2.18. The summed E-state index contributed by atoms with van der Waals surface area (Å²) in [4.78, 5) is 21.9. The third-order valence-electron chi connectivity index (χ3n) is 2.56. The second kappa shape index (κ2) is 5.45. The predicted octanol–water partition coefficient (Wildman–Crippen LogP) is 2.05. The van der Waals surface area contributed by atoms with E-state index in [4.69, 9.17) is 0 Å². The average Bonchev–Trinajstić information content (AvgIpc) is 3.12. The van der Waals surface area contributed by atoms with Crippen molar-refractivity contribution in [3.8, 4) is 0 Å². The van der Waals surface area contributed by atoms with Crippen LogP contribution in [0.1, 0.15) is 12.8 Å². The number of nitro benzene ring substituents is 1. The highest BCUT2D eigenvalue weighted by atomic mass is 79.9. The Labute approximate surface area is 112 Å². The summed E-state index contributed by atoms with van der Waals surface area (Å²) < 4.78 is 0.600. The van der Waals surface area contributed by atoms with Gasteiger partial charge in [0.2, 0.25) is 5.91 Å². The van der Waals surface area contributed by atoms with Crippen molar-refractivity contribution in [2.24, 2.45) is 0 Å². The molecule has 0 aliphatic heterocycles. The minimum atomic E-state index is -0.519. The highest BCUT2D eigenvalue weighted by molar-refractivity contribution is 9.10. The molecule has 0 heterocycles. The number of rotatable bonds is 5. The Morgan fingerprint density at radius 2 is 2.22 bits per heavy atom. The molecule has 0 atom stereocenters. The van der Waals surface area contributed by atoms with Crippen molar-refractivity contribution < 1.29 is 9.72 Å². The number of nitro groups is 1. The van der Waals surface area contributed by atoms with Crippen LogP contribution in [0.4, 0.5) is 11.4 Å². The smallest absolute Gasteiger partial charge is 0.293 e. The molecule has 96 valence electrons. The van der Waals surface area contributed by atoms with Gasteiger partial charge in [0.25, 0.3) is 5.69 Å². The van der Waals surface area contributed by atoms with Crippen molar-refractivity contribution in [2.75, 3.05) is 11.9 Å². The minimum Gasteiger partial charge on any atom is -0.319 e. The fourth-order valence-electron chi connectivity index (χ4n) is 1.48. The number of nitrogens with zero attached hydrogens (tertiary/aromatic N) is 1. The molecule has 1 saturated carbocycles. The molecule has 0 radical (unpaired) electrons. The molecule has 1 aromatic carbocycles. The summed E-state index contributed by atoms with van der Waals surface area (Å²) in [6.45, 7) is 0.178. The van der Waals surface area contributed by atoms with Crippen LogP contribution in [-0.2, 0) is 4.79 Å². The molecule has 1 aromatic rings. The van der Waals surface area contributed by atoms with Crippen molar-refractivity contribution in [1.29, 1.82) is 0 Å².